The summed E-state index contributed by atoms with van der Waals surface area (Å²) in [6.07, 6.45) is 0.744. The maximum atomic E-state index is 12.2. The molecule has 1 fully saturated rings. The Hall–Kier alpha value is -3.10. The third-order valence-corrected chi connectivity index (χ3v) is 3.68. The molecule has 6 N–H and O–H groups in total. The quantitative estimate of drug-likeness (QED) is 0.252. The largest absolute Gasteiger partial charge is 0.480 e. The molecule has 0 spiro atoms. The predicted octanol–water partition coefficient (Wildman–Crippen LogP) is 0.184. The van der Waals surface area contributed by atoms with Crippen LogP contribution in [0, 0.1) is 5.92 Å². The summed E-state index contributed by atoms with van der Waals surface area (Å²) in [5.74, 6) is -2.54. The van der Waals surface area contributed by atoms with E-state index in [0.717, 1.165) is 4.90 Å². The zero-order valence-corrected chi connectivity index (χ0v) is 12.9. The minimum Gasteiger partial charge on any atom is -0.480 e. The molecule has 2 rings (SSSR count). The molecule has 2 atom stereocenters. The molecule has 0 bridgehead atoms. The number of carboxylic acids is 1. The van der Waals surface area contributed by atoms with E-state index in [2.05, 4.69) is 10.3 Å². The van der Waals surface area contributed by atoms with E-state index >= 15 is 0 Å². The smallest absolute Gasteiger partial charge is 0.329 e. The lowest BCUT2D eigenvalue weighted by molar-refractivity contribution is -0.165. The number of aliphatic imine (C=N–C) groups is 1. The van der Waals surface area contributed by atoms with Gasteiger partial charge in [-0.2, -0.15) is 0 Å². The number of carboxylic acid groups (broad SMARTS) is 1. The predicted molar refractivity (Wildman–Crippen MR) is 87.1 cm³/mol. The van der Waals surface area contributed by atoms with Crippen LogP contribution in [0.25, 0.3) is 0 Å². The van der Waals surface area contributed by atoms with E-state index in [1.54, 1.807) is 30.3 Å². The van der Waals surface area contributed by atoms with Crippen molar-refractivity contribution < 1.29 is 19.5 Å². The van der Waals surface area contributed by atoms with Crippen molar-refractivity contribution in [2.24, 2.45) is 22.4 Å². The summed E-state index contributed by atoms with van der Waals surface area (Å²) in [4.78, 5) is 40.2. The summed E-state index contributed by atoms with van der Waals surface area (Å²) >= 11 is 0. The van der Waals surface area contributed by atoms with Crippen LogP contribution in [0.3, 0.4) is 0 Å². The molecule has 1 heterocycles. The SMILES string of the molecule is NC(N)=NCCC[C@H]1C(=O)N(C(=O)Nc2ccccc2)[C@H]1C(=O)O. The number of nitrogens with two attached hydrogens (primary N) is 2. The minimum absolute atomic E-state index is 0.0615. The Bertz CT molecular complexity index is 657. The van der Waals surface area contributed by atoms with Gasteiger partial charge in [0.25, 0.3) is 0 Å². The molecule has 3 amide bonds. The summed E-state index contributed by atoms with van der Waals surface area (Å²) < 4.78 is 0. The first-order chi connectivity index (χ1) is 11.4. The van der Waals surface area contributed by atoms with Crippen LogP contribution in [-0.2, 0) is 9.59 Å². The van der Waals surface area contributed by atoms with Crippen LogP contribution < -0.4 is 16.8 Å². The van der Waals surface area contributed by atoms with Gasteiger partial charge in [0.2, 0.25) is 5.91 Å². The average Bonchev–Trinajstić information content (AvgIpc) is 2.52. The molecule has 1 aromatic carbocycles. The Morgan fingerprint density at radius 2 is 1.92 bits per heavy atom. The number of rotatable bonds is 6. The van der Waals surface area contributed by atoms with Crippen LogP contribution in [0.4, 0.5) is 10.5 Å². The number of carbonyl (C=O) groups excluding carboxylic acids is 2. The number of nitrogens with zero attached hydrogens (tertiary/aromatic N) is 2. The summed E-state index contributed by atoms with van der Waals surface area (Å²) in [5, 5.41) is 11.8. The zero-order chi connectivity index (χ0) is 17.7. The van der Waals surface area contributed by atoms with Gasteiger partial charge in [0.05, 0.1) is 5.92 Å². The number of hydrogen-bond acceptors (Lipinski definition) is 4. The van der Waals surface area contributed by atoms with Gasteiger partial charge >= 0.3 is 12.0 Å². The number of para-hydroxylation sites is 1. The van der Waals surface area contributed by atoms with Crippen molar-refractivity contribution >= 4 is 29.6 Å². The van der Waals surface area contributed by atoms with Crippen LogP contribution in [-0.4, -0.2) is 46.5 Å². The number of benzene rings is 1. The lowest BCUT2D eigenvalue weighted by Gasteiger charge is -2.42. The number of β-lactam (4-membered cyclic amide) rings is 1. The third kappa shape index (κ3) is 3.80. The van der Waals surface area contributed by atoms with Gasteiger partial charge in [-0.3, -0.25) is 9.79 Å². The van der Waals surface area contributed by atoms with E-state index in [0.29, 0.717) is 25.1 Å². The van der Waals surface area contributed by atoms with Crippen LogP contribution in [0.2, 0.25) is 0 Å². The van der Waals surface area contributed by atoms with Gasteiger partial charge < -0.3 is 21.9 Å². The summed E-state index contributed by atoms with van der Waals surface area (Å²) in [6, 6.07) is 6.56. The van der Waals surface area contributed by atoms with Gasteiger partial charge in [-0.25, -0.2) is 14.5 Å². The van der Waals surface area contributed by atoms with Gasteiger partial charge in [-0.05, 0) is 25.0 Å². The van der Waals surface area contributed by atoms with Crippen molar-refractivity contribution in [3.05, 3.63) is 30.3 Å². The molecule has 0 unspecified atom stereocenters. The molecule has 0 radical (unpaired) electrons. The fourth-order valence-electron chi connectivity index (χ4n) is 2.56. The summed E-state index contributed by atoms with van der Waals surface area (Å²) in [7, 11) is 0. The van der Waals surface area contributed by atoms with Crippen molar-refractivity contribution in [3.8, 4) is 0 Å². The second-order valence-electron chi connectivity index (χ2n) is 5.34. The van der Waals surface area contributed by atoms with E-state index in [-0.39, 0.29) is 5.96 Å². The number of likely N-dealkylation sites (tertiary alicyclic amines) is 1. The number of carbonyl (C=O) groups is 3. The highest BCUT2D eigenvalue weighted by Crippen LogP contribution is 2.31. The molecular weight excluding hydrogens is 314 g/mol. The first-order valence-electron chi connectivity index (χ1n) is 7.39. The summed E-state index contributed by atoms with van der Waals surface area (Å²) in [6.45, 7) is 0.300. The molecule has 1 aliphatic rings. The molecular formula is C15H19N5O4. The Balaban J connectivity index is 1.98. The van der Waals surface area contributed by atoms with E-state index in [9.17, 15) is 19.5 Å². The van der Waals surface area contributed by atoms with Crippen LogP contribution in [0.15, 0.2) is 35.3 Å². The number of imide groups is 1. The van der Waals surface area contributed by atoms with Crippen molar-refractivity contribution in [1.82, 2.24) is 4.90 Å². The Morgan fingerprint density at radius 1 is 1.25 bits per heavy atom. The second-order valence-corrected chi connectivity index (χ2v) is 5.34. The van der Waals surface area contributed by atoms with Crippen LogP contribution >= 0.6 is 0 Å². The maximum absolute atomic E-state index is 12.2. The van der Waals surface area contributed by atoms with E-state index in [1.165, 1.54) is 0 Å². The second kappa shape index (κ2) is 7.44. The van der Waals surface area contributed by atoms with Gasteiger partial charge in [0.15, 0.2) is 12.0 Å². The molecule has 1 aromatic rings. The van der Waals surface area contributed by atoms with Crippen molar-refractivity contribution in [1.29, 1.82) is 0 Å². The number of guanidine groups is 1. The van der Waals surface area contributed by atoms with E-state index in [1.807, 2.05) is 0 Å². The van der Waals surface area contributed by atoms with Gasteiger partial charge in [-0.15, -0.1) is 0 Å². The molecule has 9 nitrogen and oxygen atoms in total. The zero-order valence-electron chi connectivity index (χ0n) is 12.9. The molecule has 24 heavy (non-hydrogen) atoms. The topological polar surface area (TPSA) is 151 Å². The number of urea groups is 1. The highest BCUT2D eigenvalue weighted by Gasteiger charge is 2.54. The van der Waals surface area contributed by atoms with Crippen molar-refractivity contribution in [2.45, 2.75) is 18.9 Å². The first kappa shape index (κ1) is 17.3. The normalized spacial score (nSPS) is 19.3. The first-order valence-corrected chi connectivity index (χ1v) is 7.39. The molecule has 0 saturated carbocycles. The highest BCUT2D eigenvalue weighted by atomic mass is 16.4. The van der Waals surface area contributed by atoms with Crippen molar-refractivity contribution in [3.63, 3.8) is 0 Å². The van der Waals surface area contributed by atoms with Gasteiger partial charge in [0.1, 0.15) is 0 Å². The lowest BCUT2D eigenvalue weighted by Crippen LogP contribution is -2.67. The number of anilines is 1. The average molecular weight is 333 g/mol. The molecule has 128 valence electrons. The third-order valence-electron chi connectivity index (χ3n) is 3.68. The standard InChI is InChI=1S/C15H19N5O4/c16-14(17)18-8-4-7-10-11(13(22)23)20(12(10)21)15(24)19-9-5-2-1-3-6-9/h1-3,5-6,10-11H,4,7-8H2,(H,19,24)(H,22,23)(H4,16,17,18)/t10-,11-/m1/s1. The number of aliphatic carboxylic acids is 1. The van der Waals surface area contributed by atoms with E-state index in [4.69, 9.17) is 11.5 Å². The summed E-state index contributed by atoms with van der Waals surface area (Å²) in [5.41, 5.74) is 10.9. The highest BCUT2D eigenvalue weighted by molar-refractivity contribution is 6.10. The number of amides is 3. The molecule has 1 aliphatic heterocycles. The number of hydrogen-bond donors (Lipinski definition) is 4. The van der Waals surface area contributed by atoms with Gasteiger partial charge in [0, 0.05) is 12.2 Å². The molecule has 0 aromatic heterocycles. The minimum atomic E-state index is -1.22. The fourth-order valence-corrected chi connectivity index (χ4v) is 2.56. The Kier molecular flexibility index (Phi) is 5.35. The fraction of sp³-hybridized carbons (Fsp3) is 0.333. The molecule has 0 aliphatic carbocycles. The van der Waals surface area contributed by atoms with E-state index < -0.39 is 29.9 Å². The monoisotopic (exact) mass is 333 g/mol. The van der Waals surface area contributed by atoms with Crippen molar-refractivity contribution in [2.75, 3.05) is 11.9 Å². The lowest BCUT2D eigenvalue weighted by atomic mass is 9.84. The van der Waals surface area contributed by atoms with Crippen LogP contribution in [0.1, 0.15) is 12.8 Å². The van der Waals surface area contributed by atoms with Crippen LogP contribution in [0.5, 0.6) is 0 Å². The number of nitrogens with one attached hydrogen (secondary N) is 1. The molecule has 9 heteroatoms. The molecule has 1 saturated heterocycles. The van der Waals surface area contributed by atoms with Gasteiger partial charge in [-0.1, -0.05) is 18.2 Å². The maximum Gasteiger partial charge on any atom is 0.329 e. The Morgan fingerprint density at radius 3 is 2.50 bits per heavy atom. The Labute approximate surface area is 138 Å².